The van der Waals surface area contributed by atoms with Crippen molar-refractivity contribution in [2.45, 2.75) is 76.8 Å². The Balaban J connectivity index is 0.000000367. The second-order valence-electron chi connectivity index (χ2n) is 15.9. The first-order chi connectivity index (χ1) is 35.2. The summed E-state index contributed by atoms with van der Waals surface area (Å²) in [7, 11) is 1.00. The van der Waals surface area contributed by atoms with Crippen molar-refractivity contribution < 1.29 is 78.2 Å². The van der Waals surface area contributed by atoms with Gasteiger partial charge in [0, 0.05) is 39.2 Å². The minimum absolute atomic E-state index is 0.0802. The summed E-state index contributed by atoms with van der Waals surface area (Å²) in [4.78, 5) is 63.9. The number of carbonyl (C=O) groups is 5. The fraction of sp³-hybridized carbons (Fsp3) is 0.490. The van der Waals surface area contributed by atoms with E-state index in [9.17, 15) is 24.0 Å². The Morgan fingerprint density at radius 1 is 0.662 bits per heavy atom. The van der Waals surface area contributed by atoms with Crippen LogP contribution < -0.4 is 5.32 Å². The van der Waals surface area contributed by atoms with Crippen LogP contribution >= 0.6 is 121 Å². The van der Waals surface area contributed by atoms with E-state index in [1.807, 2.05) is 25.1 Å². The second kappa shape index (κ2) is 37.3. The first kappa shape index (κ1) is 69.5. The average Bonchev–Trinajstić information content (AvgIpc) is 3.37. The summed E-state index contributed by atoms with van der Waals surface area (Å²) in [5.41, 5.74) is 2.40. The third-order valence-electron chi connectivity index (χ3n) is 11.2. The molecule has 74 heavy (non-hydrogen) atoms. The number of alkyl halides is 2. The van der Waals surface area contributed by atoms with Crippen LogP contribution in [-0.2, 0) is 38.1 Å². The number of esters is 3. The average molecular weight is 1550 g/mol. The Hall–Kier alpha value is -0.612. The number of hydrogen-bond acceptors (Lipinski definition) is 12. The van der Waals surface area contributed by atoms with Gasteiger partial charge in [0.25, 0.3) is 0 Å². The SMILES string of the molecule is CCOC(=O)C1=C(c2ccc(Cl)c(Cl)c2)CCN(C(=O)OC(C)Cl)C1.CCOC(=O)C1CN(C(=O)OC(C)Cl)CCC1c1ccc(Cl)c(Cl)c1.CCOC(=O)C1CNCCC1c1ccc(Cl)c(Cl)c1.CO.[I][Sm][I]. The van der Waals surface area contributed by atoms with E-state index in [0.29, 0.717) is 74.8 Å². The summed E-state index contributed by atoms with van der Waals surface area (Å²) in [6.07, 6.45) is 0.814. The normalized spacial score (nSPS) is 18.9. The molecule has 0 aliphatic carbocycles. The number of aliphatic hydroxyl groups is 1. The Kier molecular flexibility index (Phi) is 35.1. The molecule has 0 aromatic heterocycles. The van der Waals surface area contributed by atoms with Gasteiger partial charge in [-0.1, -0.05) is 111 Å². The van der Waals surface area contributed by atoms with Crippen LogP contribution in [0.2, 0.25) is 30.1 Å². The topological polar surface area (TPSA) is 170 Å². The third-order valence-corrected chi connectivity index (χ3v) is 13.6. The number of aliphatic hydroxyl groups excluding tert-OH is 1. The number of likely N-dealkylation sites (tertiary alicyclic amines) is 1. The van der Waals surface area contributed by atoms with Gasteiger partial charge in [-0.2, -0.15) is 0 Å². The van der Waals surface area contributed by atoms with E-state index in [4.69, 9.17) is 122 Å². The van der Waals surface area contributed by atoms with E-state index in [1.165, 1.54) is 9.80 Å². The molecule has 2 N–H and O–H groups in total. The van der Waals surface area contributed by atoms with Gasteiger partial charge in [-0.3, -0.25) is 9.59 Å². The number of nitrogens with one attached hydrogen (secondary N) is 1. The first-order valence-corrected chi connectivity index (χ1v) is 41.2. The Morgan fingerprint density at radius 3 is 1.59 bits per heavy atom. The zero-order valence-electron chi connectivity index (χ0n) is 41.3. The van der Waals surface area contributed by atoms with Gasteiger partial charge in [-0.25, -0.2) is 14.4 Å². The molecule has 14 nitrogen and oxygen atoms in total. The van der Waals surface area contributed by atoms with Gasteiger partial charge in [-0.05, 0) is 125 Å². The molecule has 412 valence electrons. The van der Waals surface area contributed by atoms with Crippen molar-refractivity contribution in [1.29, 1.82) is 0 Å². The molecule has 3 aromatic rings. The summed E-state index contributed by atoms with van der Waals surface area (Å²) < 4.78 is 25.5. The molecule has 6 atom stereocenters. The van der Waals surface area contributed by atoms with Crippen molar-refractivity contribution in [3.63, 3.8) is 0 Å². The quantitative estimate of drug-likeness (QED) is 0.0807. The molecule has 6 rings (SSSR count). The standard InChI is InChI=1S/C17H20Cl3NO4.C17H18Cl3NO4.C14H17Cl2NO2.CH4O.2HI.Sm/c2*1-3-24-16(22)13-9-21(17(23)25-10(2)18)7-6-12(13)11-4-5-14(19)15(20)8-11;1-2-19-14(18)11-8-17-6-5-10(11)9-3-4-12(15)13(16)7-9;1-2;;;/h4-5,8,10,12-13H,3,6-7,9H2,1-2H3;4-5,8,10H,3,6-7,9H2,1-2H3;3-4,7,10-11,17H,2,5-6,8H2,1H3;2H,1H3;2*1H;/q;;;;;;+2/p-2. The van der Waals surface area contributed by atoms with Crippen LogP contribution in [0.1, 0.15) is 82.4 Å². The van der Waals surface area contributed by atoms with Crippen molar-refractivity contribution >= 4 is 157 Å². The molecule has 0 bridgehead atoms. The summed E-state index contributed by atoms with van der Waals surface area (Å²) in [5, 5.41) is 13.0. The number of nitrogens with zero attached hydrogens (tertiary/aromatic N) is 2. The number of benzene rings is 3. The fourth-order valence-electron chi connectivity index (χ4n) is 8.00. The van der Waals surface area contributed by atoms with Crippen molar-refractivity contribution in [1.82, 2.24) is 15.1 Å². The Labute approximate surface area is 505 Å². The molecular formula is C49H59Cl8I2N3O11Sm. The Bertz CT molecular complexity index is 2340. The van der Waals surface area contributed by atoms with Crippen molar-refractivity contribution in [3.8, 4) is 0 Å². The molecule has 3 aliphatic rings. The second-order valence-corrected chi connectivity index (χ2v) is 39.0. The molecule has 2 fully saturated rings. The molecule has 3 aromatic carbocycles. The van der Waals surface area contributed by atoms with Crippen LogP contribution in [0, 0.1) is 37.3 Å². The first-order valence-electron chi connectivity index (χ1n) is 23.0. The molecule has 0 spiro atoms. The van der Waals surface area contributed by atoms with Gasteiger partial charge in [-0.15, -0.1) is 0 Å². The van der Waals surface area contributed by atoms with Gasteiger partial charge in [0.05, 0.1) is 73.9 Å². The van der Waals surface area contributed by atoms with Crippen molar-refractivity contribution in [2.24, 2.45) is 11.8 Å². The van der Waals surface area contributed by atoms with Gasteiger partial charge in [0.2, 0.25) is 0 Å². The Morgan fingerprint density at radius 2 is 1.12 bits per heavy atom. The van der Waals surface area contributed by atoms with E-state index in [-0.39, 0.29) is 81.5 Å². The predicted molar refractivity (Wildman–Crippen MR) is 308 cm³/mol. The molecule has 2 saturated heterocycles. The zero-order valence-corrected chi connectivity index (χ0v) is 54.2. The summed E-state index contributed by atoms with van der Waals surface area (Å²) in [6.45, 7) is 12.0. The van der Waals surface area contributed by atoms with Crippen molar-refractivity contribution in [2.75, 3.05) is 66.2 Å². The molecular weight excluding hydrogens is 1490 g/mol. The minimum atomic E-state index is -0.751. The number of amides is 2. The number of rotatable bonds is 11. The molecule has 25 heteroatoms. The van der Waals surface area contributed by atoms with Crippen LogP contribution in [0.15, 0.2) is 60.2 Å². The van der Waals surface area contributed by atoms with Gasteiger partial charge in [0.15, 0.2) is 11.1 Å². The summed E-state index contributed by atoms with van der Waals surface area (Å²) in [5.74, 6) is -1.63. The molecule has 2 amide bonds. The van der Waals surface area contributed by atoms with E-state index < -0.39 is 35.2 Å². The number of carbonyl (C=O) groups excluding carboxylic acids is 5. The monoisotopic (exact) mass is 1550 g/mol. The van der Waals surface area contributed by atoms with Crippen LogP contribution in [0.5, 0.6) is 0 Å². The molecule has 3 aliphatic heterocycles. The summed E-state index contributed by atoms with van der Waals surface area (Å²) >= 11 is 52.6. The van der Waals surface area contributed by atoms with E-state index in [0.717, 1.165) is 42.3 Å². The van der Waals surface area contributed by atoms with E-state index >= 15 is 0 Å². The zero-order chi connectivity index (χ0) is 55.7. The van der Waals surface area contributed by atoms with Gasteiger partial charge < -0.3 is 43.9 Å². The molecule has 0 saturated carbocycles. The van der Waals surface area contributed by atoms with Gasteiger partial charge in [0.1, 0.15) is 0 Å². The number of halogens is 10. The number of piperidine rings is 2. The maximum atomic E-state index is 12.4. The third kappa shape index (κ3) is 22.9. The van der Waals surface area contributed by atoms with Crippen LogP contribution in [0.3, 0.4) is 0 Å². The van der Waals surface area contributed by atoms with E-state index in [1.54, 1.807) is 64.1 Å². The van der Waals surface area contributed by atoms with E-state index in [2.05, 4.69) is 33.9 Å². The molecule has 3 heterocycles. The fourth-order valence-corrected chi connectivity index (χ4v) is 9.06. The van der Waals surface area contributed by atoms with Crippen LogP contribution in [0.25, 0.3) is 5.57 Å². The molecule has 6 unspecified atom stereocenters. The number of ether oxygens (including phenoxy) is 5. The van der Waals surface area contributed by atoms with Crippen LogP contribution in [-0.4, -0.2) is 122 Å². The maximum absolute atomic E-state index is 12.4. The van der Waals surface area contributed by atoms with Gasteiger partial charge >= 0.3 is 84.1 Å². The predicted octanol–water partition coefficient (Wildman–Crippen LogP) is 14.1. The number of hydrogen-bond donors (Lipinski definition) is 2. The molecule has 0 radical (unpaired) electrons. The van der Waals surface area contributed by atoms with Crippen LogP contribution in [0.4, 0.5) is 9.59 Å². The summed E-state index contributed by atoms with van der Waals surface area (Å²) in [6, 6.07) is 16.1. The van der Waals surface area contributed by atoms with Crippen molar-refractivity contribution in [3.05, 3.63) is 107 Å².